The largest absolute Gasteiger partial charge is 0.479 e. The van der Waals surface area contributed by atoms with Crippen LogP contribution in [0.4, 0.5) is 16.2 Å². The van der Waals surface area contributed by atoms with Gasteiger partial charge in [-0.2, -0.15) is 0 Å². The molecular formula is C32H31N3O4. The summed E-state index contributed by atoms with van der Waals surface area (Å²) in [6, 6.07) is 22.1. The van der Waals surface area contributed by atoms with Gasteiger partial charge in [-0.05, 0) is 78.8 Å². The number of anilines is 2. The van der Waals surface area contributed by atoms with E-state index in [0.29, 0.717) is 17.8 Å². The van der Waals surface area contributed by atoms with Crippen LogP contribution in [0.5, 0.6) is 0 Å². The molecule has 0 aromatic heterocycles. The monoisotopic (exact) mass is 521 g/mol. The van der Waals surface area contributed by atoms with Crippen molar-refractivity contribution >= 4 is 40.1 Å². The van der Waals surface area contributed by atoms with Crippen LogP contribution in [0.2, 0.25) is 0 Å². The first-order valence-electron chi connectivity index (χ1n) is 13.0. The zero-order chi connectivity index (χ0) is 27.7. The van der Waals surface area contributed by atoms with Gasteiger partial charge in [0.15, 0.2) is 0 Å². The molecule has 7 heteroatoms. The maximum absolute atomic E-state index is 13.7. The molecule has 0 saturated heterocycles. The summed E-state index contributed by atoms with van der Waals surface area (Å²) in [7, 11) is 0. The number of hydrogen-bond acceptors (Lipinski definition) is 3. The van der Waals surface area contributed by atoms with Crippen molar-refractivity contribution in [3.05, 3.63) is 106 Å². The Balaban J connectivity index is 1.47. The summed E-state index contributed by atoms with van der Waals surface area (Å²) in [5.74, 6) is -1.63. The summed E-state index contributed by atoms with van der Waals surface area (Å²) in [5, 5.41) is 20.5. The van der Waals surface area contributed by atoms with Crippen molar-refractivity contribution in [2.75, 3.05) is 10.6 Å². The number of benzene rings is 4. The Kier molecular flexibility index (Phi) is 6.83. The van der Waals surface area contributed by atoms with Crippen LogP contribution in [0.1, 0.15) is 44.6 Å². The molecule has 7 nitrogen and oxygen atoms in total. The Hall–Kier alpha value is -4.65. The van der Waals surface area contributed by atoms with E-state index >= 15 is 0 Å². The Morgan fingerprint density at radius 2 is 1.41 bits per heavy atom. The number of carboxylic acids is 1. The van der Waals surface area contributed by atoms with E-state index in [-0.39, 0.29) is 18.4 Å². The fraction of sp³-hybridized carbons (Fsp3) is 0.219. The molecule has 0 saturated carbocycles. The van der Waals surface area contributed by atoms with E-state index in [9.17, 15) is 19.5 Å². The van der Waals surface area contributed by atoms with Crippen LogP contribution in [0.3, 0.4) is 0 Å². The van der Waals surface area contributed by atoms with Crippen molar-refractivity contribution < 1.29 is 19.5 Å². The number of carbonyl (C=O) groups is 3. The SMILES string of the molecule is Cc1cc(C)c(NC(=O)Nc2cc3ccccc3cc2C(=O)NC2(C(=O)O)CCc3ccccc3C2)c(C)c1. The molecule has 1 unspecified atom stereocenters. The number of nitrogens with one attached hydrogen (secondary N) is 3. The molecule has 39 heavy (non-hydrogen) atoms. The number of amides is 3. The van der Waals surface area contributed by atoms with E-state index < -0.39 is 23.4 Å². The van der Waals surface area contributed by atoms with Crippen molar-refractivity contribution in [1.82, 2.24) is 5.32 Å². The van der Waals surface area contributed by atoms with Gasteiger partial charge in [0.25, 0.3) is 5.91 Å². The number of carboxylic acid groups (broad SMARTS) is 1. The molecule has 1 atom stereocenters. The van der Waals surface area contributed by atoms with Gasteiger partial charge in [0, 0.05) is 12.1 Å². The van der Waals surface area contributed by atoms with Crippen molar-refractivity contribution in [2.45, 2.75) is 45.6 Å². The van der Waals surface area contributed by atoms with Gasteiger partial charge in [-0.1, -0.05) is 66.2 Å². The minimum Gasteiger partial charge on any atom is -0.479 e. The first-order chi connectivity index (χ1) is 18.6. The van der Waals surface area contributed by atoms with Gasteiger partial charge < -0.3 is 21.1 Å². The second-order valence-corrected chi connectivity index (χ2v) is 10.4. The third kappa shape index (κ3) is 5.21. The molecule has 198 valence electrons. The number of aliphatic carboxylic acids is 1. The van der Waals surface area contributed by atoms with Crippen LogP contribution in [0.25, 0.3) is 10.8 Å². The normalized spacial score (nSPS) is 16.3. The second kappa shape index (κ2) is 10.3. The Morgan fingerprint density at radius 1 is 0.795 bits per heavy atom. The summed E-state index contributed by atoms with van der Waals surface area (Å²) in [6.07, 6.45) is 1.00. The summed E-state index contributed by atoms with van der Waals surface area (Å²) in [6.45, 7) is 5.86. The lowest BCUT2D eigenvalue weighted by atomic mass is 9.77. The molecule has 0 spiro atoms. The predicted molar refractivity (Wildman–Crippen MR) is 154 cm³/mol. The first kappa shape index (κ1) is 26.0. The number of aryl methyl sites for hydroxylation is 4. The third-order valence-electron chi connectivity index (χ3n) is 7.49. The van der Waals surface area contributed by atoms with Gasteiger partial charge in [-0.3, -0.25) is 4.79 Å². The van der Waals surface area contributed by atoms with Crippen LogP contribution in [-0.4, -0.2) is 28.6 Å². The van der Waals surface area contributed by atoms with Crippen LogP contribution in [0.15, 0.2) is 72.8 Å². The summed E-state index contributed by atoms with van der Waals surface area (Å²) in [4.78, 5) is 39.4. The predicted octanol–water partition coefficient (Wildman–Crippen LogP) is 6.15. The summed E-state index contributed by atoms with van der Waals surface area (Å²) < 4.78 is 0. The van der Waals surface area contributed by atoms with Crippen molar-refractivity contribution in [2.24, 2.45) is 0 Å². The Morgan fingerprint density at radius 3 is 2.08 bits per heavy atom. The quantitative estimate of drug-likeness (QED) is 0.253. The molecule has 0 bridgehead atoms. The standard InChI is InChI=1S/C32H31N3O4/c1-19-14-20(2)28(21(3)15-19)34-31(39)33-27-17-24-10-6-5-9-23(24)16-26(27)29(36)35-32(30(37)38)13-12-22-8-4-7-11-25(22)18-32/h4-11,14-17H,12-13,18H2,1-3H3,(H,35,36)(H,37,38)(H2,33,34,39). The van der Waals surface area contributed by atoms with E-state index in [0.717, 1.165) is 38.6 Å². The second-order valence-electron chi connectivity index (χ2n) is 10.4. The average Bonchev–Trinajstić information content (AvgIpc) is 2.90. The minimum atomic E-state index is -1.45. The molecule has 0 aliphatic heterocycles. The van der Waals surface area contributed by atoms with Gasteiger partial charge in [0.05, 0.1) is 11.3 Å². The summed E-state index contributed by atoms with van der Waals surface area (Å²) >= 11 is 0. The highest BCUT2D eigenvalue weighted by Gasteiger charge is 2.43. The number of fused-ring (bicyclic) bond motifs is 2. The van der Waals surface area contributed by atoms with E-state index in [1.54, 1.807) is 12.1 Å². The molecule has 1 aliphatic rings. The molecule has 1 aliphatic carbocycles. The molecular weight excluding hydrogens is 490 g/mol. The Labute approximate surface area is 227 Å². The van der Waals surface area contributed by atoms with Crippen molar-refractivity contribution in [1.29, 1.82) is 0 Å². The van der Waals surface area contributed by atoms with Crippen LogP contribution in [0, 0.1) is 20.8 Å². The van der Waals surface area contributed by atoms with Crippen LogP contribution in [-0.2, 0) is 17.6 Å². The number of hydrogen-bond donors (Lipinski definition) is 4. The average molecular weight is 522 g/mol. The van der Waals surface area contributed by atoms with Gasteiger partial charge in [0.1, 0.15) is 5.54 Å². The zero-order valence-electron chi connectivity index (χ0n) is 22.2. The number of carbonyl (C=O) groups excluding carboxylic acids is 2. The van der Waals surface area contributed by atoms with Crippen molar-refractivity contribution in [3.63, 3.8) is 0 Å². The highest BCUT2D eigenvalue weighted by molar-refractivity contribution is 6.10. The maximum Gasteiger partial charge on any atom is 0.329 e. The first-order valence-corrected chi connectivity index (χ1v) is 13.0. The number of rotatable bonds is 5. The summed E-state index contributed by atoms with van der Waals surface area (Å²) in [5.41, 5.74) is 4.70. The highest BCUT2D eigenvalue weighted by atomic mass is 16.4. The van der Waals surface area contributed by atoms with E-state index in [2.05, 4.69) is 16.0 Å². The Bertz CT molecular complexity index is 1600. The lowest BCUT2D eigenvalue weighted by Gasteiger charge is -2.35. The lowest BCUT2D eigenvalue weighted by molar-refractivity contribution is -0.145. The fourth-order valence-electron chi connectivity index (χ4n) is 5.54. The fourth-order valence-corrected chi connectivity index (χ4v) is 5.54. The van der Waals surface area contributed by atoms with Gasteiger partial charge >= 0.3 is 12.0 Å². The molecule has 4 aromatic rings. The van der Waals surface area contributed by atoms with Gasteiger partial charge in [-0.15, -0.1) is 0 Å². The number of urea groups is 1. The van der Waals surface area contributed by atoms with Crippen molar-refractivity contribution in [3.8, 4) is 0 Å². The van der Waals surface area contributed by atoms with E-state index in [1.807, 2.05) is 81.4 Å². The smallest absolute Gasteiger partial charge is 0.329 e. The van der Waals surface area contributed by atoms with Crippen LogP contribution < -0.4 is 16.0 Å². The van der Waals surface area contributed by atoms with E-state index in [4.69, 9.17) is 0 Å². The molecule has 0 heterocycles. The van der Waals surface area contributed by atoms with Gasteiger partial charge in [-0.25, -0.2) is 9.59 Å². The minimum absolute atomic E-state index is 0.188. The molecule has 5 rings (SSSR count). The third-order valence-corrected chi connectivity index (χ3v) is 7.49. The molecule has 4 aromatic carbocycles. The topological polar surface area (TPSA) is 108 Å². The lowest BCUT2D eigenvalue weighted by Crippen LogP contribution is -2.57. The van der Waals surface area contributed by atoms with E-state index in [1.165, 1.54) is 0 Å². The van der Waals surface area contributed by atoms with Crippen LogP contribution >= 0.6 is 0 Å². The highest BCUT2D eigenvalue weighted by Crippen LogP contribution is 2.31. The maximum atomic E-state index is 13.7. The molecule has 0 radical (unpaired) electrons. The molecule has 3 amide bonds. The zero-order valence-corrected chi connectivity index (χ0v) is 22.2. The molecule has 4 N–H and O–H groups in total. The van der Waals surface area contributed by atoms with Gasteiger partial charge in [0.2, 0.25) is 0 Å². The molecule has 0 fully saturated rings.